The van der Waals surface area contributed by atoms with Crippen molar-refractivity contribution in [1.29, 1.82) is 0 Å². The number of amides is 1. The van der Waals surface area contributed by atoms with E-state index in [-0.39, 0.29) is 25.0 Å². The number of fused-ring (bicyclic) bond motifs is 1. The average Bonchev–Trinajstić information content (AvgIpc) is 2.29. The summed E-state index contributed by atoms with van der Waals surface area (Å²) in [6.07, 6.45) is 0. The Hall–Kier alpha value is -1.55. The van der Waals surface area contributed by atoms with E-state index in [4.69, 9.17) is 4.74 Å². The molecule has 4 nitrogen and oxygen atoms in total. The van der Waals surface area contributed by atoms with Gasteiger partial charge in [0.1, 0.15) is 5.75 Å². The molecule has 1 amide bonds. The summed E-state index contributed by atoms with van der Waals surface area (Å²) in [7, 11) is 0. The number of benzene rings is 1. The van der Waals surface area contributed by atoms with Gasteiger partial charge in [-0.25, -0.2) is 0 Å². The van der Waals surface area contributed by atoms with Crippen LogP contribution in [-0.4, -0.2) is 24.2 Å². The Morgan fingerprint density at radius 1 is 1.47 bits per heavy atom. The van der Waals surface area contributed by atoms with Crippen molar-refractivity contribution in [2.24, 2.45) is 5.92 Å². The van der Waals surface area contributed by atoms with Gasteiger partial charge in [0.2, 0.25) is 0 Å². The zero-order valence-corrected chi connectivity index (χ0v) is 10.1. The number of hydrogen-bond donors (Lipinski definition) is 2. The van der Waals surface area contributed by atoms with Crippen molar-refractivity contribution in [2.75, 3.05) is 18.5 Å². The molecule has 2 N–H and O–H groups in total. The number of aliphatic hydroxyl groups is 1. The van der Waals surface area contributed by atoms with Gasteiger partial charge in [0.15, 0.2) is 6.61 Å². The zero-order chi connectivity index (χ0) is 12.4. The lowest BCUT2D eigenvalue weighted by Crippen LogP contribution is -2.25. The van der Waals surface area contributed by atoms with Crippen LogP contribution in [-0.2, 0) is 4.79 Å². The van der Waals surface area contributed by atoms with E-state index in [1.54, 1.807) is 0 Å². The predicted octanol–water partition coefficient (Wildman–Crippen LogP) is 1.75. The number of rotatable bonds is 3. The van der Waals surface area contributed by atoms with Crippen molar-refractivity contribution in [1.82, 2.24) is 0 Å². The molecule has 0 saturated heterocycles. The van der Waals surface area contributed by atoms with E-state index in [2.05, 4.69) is 19.2 Å². The number of anilines is 1. The second-order valence-corrected chi connectivity index (χ2v) is 4.63. The molecule has 2 rings (SSSR count). The van der Waals surface area contributed by atoms with E-state index >= 15 is 0 Å². The molecule has 1 aliphatic rings. The van der Waals surface area contributed by atoms with Crippen LogP contribution in [0.5, 0.6) is 5.75 Å². The SMILES string of the molecule is CC(C)C(CO)c1ccc2c(c1)NC(=O)CO2. The van der Waals surface area contributed by atoms with Crippen molar-refractivity contribution in [3.8, 4) is 5.75 Å². The summed E-state index contributed by atoms with van der Waals surface area (Å²) in [5.74, 6) is 0.978. The topological polar surface area (TPSA) is 58.6 Å². The third-order valence-electron chi connectivity index (χ3n) is 3.07. The molecule has 1 aromatic carbocycles. The van der Waals surface area contributed by atoms with Gasteiger partial charge in [-0.3, -0.25) is 4.79 Å². The molecule has 0 fully saturated rings. The van der Waals surface area contributed by atoms with E-state index in [1.807, 2.05) is 18.2 Å². The largest absolute Gasteiger partial charge is 0.482 e. The van der Waals surface area contributed by atoms with Crippen LogP contribution in [0.15, 0.2) is 18.2 Å². The molecular weight excluding hydrogens is 218 g/mol. The highest BCUT2D eigenvalue weighted by molar-refractivity contribution is 5.95. The van der Waals surface area contributed by atoms with E-state index in [1.165, 1.54) is 0 Å². The van der Waals surface area contributed by atoms with Gasteiger partial charge in [0.25, 0.3) is 5.91 Å². The quantitative estimate of drug-likeness (QED) is 0.839. The number of carbonyl (C=O) groups is 1. The van der Waals surface area contributed by atoms with E-state index in [0.29, 0.717) is 17.4 Å². The van der Waals surface area contributed by atoms with Crippen LogP contribution in [0, 0.1) is 5.92 Å². The van der Waals surface area contributed by atoms with Gasteiger partial charge < -0.3 is 15.2 Å². The third-order valence-corrected chi connectivity index (χ3v) is 3.07. The number of hydrogen-bond acceptors (Lipinski definition) is 3. The number of nitrogens with one attached hydrogen (secondary N) is 1. The van der Waals surface area contributed by atoms with Crippen molar-refractivity contribution in [3.63, 3.8) is 0 Å². The number of ether oxygens (including phenoxy) is 1. The second kappa shape index (κ2) is 4.75. The first-order valence-corrected chi connectivity index (χ1v) is 5.79. The Bertz CT molecular complexity index is 429. The molecule has 0 aromatic heterocycles. The Balaban J connectivity index is 2.32. The van der Waals surface area contributed by atoms with Gasteiger partial charge in [0.05, 0.1) is 12.3 Å². The maximum absolute atomic E-state index is 11.2. The Morgan fingerprint density at radius 3 is 2.88 bits per heavy atom. The molecule has 4 heteroatoms. The van der Waals surface area contributed by atoms with Crippen LogP contribution in [0.4, 0.5) is 5.69 Å². The molecule has 1 aliphatic heterocycles. The fraction of sp³-hybridized carbons (Fsp3) is 0.462. The molecule has 0 radical (unpaired) electrons. The third kappa shape index (κ3) is 2.42. The molecule has 0 spiro atoms. The minimum absolute atomic E-state index is 0.0694. The first kappa shape index (κ1) is 11.9. The molecule has 0 bridgehead atoms. The van der Waals surface area contributed by atoms with Crippen LogP contribution in [0.25, 0.3) is 0 Å². The van der Waals surface area contributed by atoms with Crippen LogP contribution < -0.4 is 10.1 Å². The van der Waals surface area contributed by atoms with E-state index in [9.17, 15) is 9.90 Å². The molecule has 1 heterocycles. The molecule has 17 heavy (non-hydrogen) atoms. The number of aliphatic hydroxyl groups excluding tert-OH is 1. The highest BCUT2D eigenvalue weighted by Crippen LogP contribution is 2.33. The van der Waals surface area contributed by atoms with Gasteiger partial charge in [-0.05, 0) is 23.6 Å². The Kier molecular flexibility index (Phi) is 3.33. The predicted molar refractivity (Wildman–Crippen MR) is 65.2 cm³/mol. The molecule has 0 saturated carbocycles. The first-order valence-electron chi connectivity index (χ1n) is 5.79. The van der Waals surface area contributed by atoms with Crippen LogP contribution >= 0.6 is 0 Å². The Labute approximate surface area is 101 Å². The molecule has 0 aliphatic carbocycles. The Morgan fingerprint density at radius 2 is 2.24 bits per heavy atom. The fourth-order valence-electron chi connectivity index (χ4n) is 2.03. The minimum Gasteiger partial charge on any atom is -0.482 e. The van der Waals surface area contributed by atoms with Gasteiger partial charge in [-0.15, -0.1) is 0 Å². The maximum atomic E-state index is 11.2. The van der Waals surface area contributed by atoms with Gasteiger partial charge in [-0.1, -0.05) is 19.9 Å². The van der Waals surface area contributed by atoms with Crippen molar-refractivity contribution >= 4 is 11.6 Å². The summed E-state index contributed by atoms with van der Waals surface area (Å²) >= 11 is 0. The highest BCUT2D eigenvalue weighted by atomic mass is 16.5. The fourth-order valence-corrected chi connectivity index (χ4v) is 2.03. The summed E-state index contributed by atoms with van der Waals surface area (Å²) in [6.45, 7) is 4.30. The summed E-state index contributed by atoms with van der Waals surface area (Å²) in [5.41, 5.74) is 1.71. The lowest BCUT2D eigenvalue weighted by atomic mass is 9.89. The molecular formula is C13H17NO3. The lowest BCUT2D eigenvalue weighted by molar-refractivity contribution is -0.118. The molecule has 1 aromatic rings. The zero-order valence-electron chi connectivity index (χ0n) is 10.1. The standard InChI is InChI=1S/C13H17NO3/c1-8(2)10(6-15)9-3-4-12-11(5-9)14-13(16)7-17-12/h3-5,8,10,15H,6-7H2,1-2H3,(H,14,16). The van der Waals surface area contributed by atoms with Crippen LogP contribution in [0.2, 0.25) is 0 Å². The first-order chi connectivity index (χ1) is 8.11. The van der Waals surface area contributed by atoms with Crippen molar-refractivity contribution < 1.29 is 14.6 Å². The van der Waals surface area contributed by atoms with Gasteiger partial charge in [-0.2, -0.15) is 0 Å². The molecule has 92 valence electrons. The normalized spacial score (nSPS) is 16.1. The molecule has 1 atom stereocenters. The monoisotopic (exact) mass is 235 g/mol. The minimum atomic E-state index is -0.139. The summed E-state index contributed by atoms with van der Waals surface area (Å²) < 4.78 is 5.29. The van der Waals surface area contributed by atoms with Gasteiger partial charge >= 0.3 is 0 Å². The second-order valence-electron chi connectivity index (χ2n) is 4.63. The summed E-state index contributed by atoms with van der Waals surface area (Å²) in [6, 6.07) is 5.67. The van der Waals surface area contributed by atoms with Crippen molar-refractivity contribution in [2.45, 2.75) is 19.8 Å². The molecule has 1 unspecified atom stereocenters. The number of carbonyl (C=O) groups excluding carboxylic acids is 1. The van der Waals surface area contributed by atoms with Crippen molar-refractivity contribution in [3.05, 3.63) is 23.8 Å². The van der Waals surface area contributed by atoms with Crippen LogP contribution in [0.3, 0.4) is 0 Å². The summed E-state index contributed by atoms with van der Waals surface area (Å²) in [5, 5.41) is 12.2. The van der Waals surface area contributed by atoms with Gasteiger partial charge in [0, 0.05) is 5.92 Å². The average molecular weight is 235 g/mol. The van der Waals surface area contributed by atoms with Crippen LogP contribution in [0.1, 0.15) is 25.3 Å². The van der Waals surface area contributed by atoms with E-state index in [0.717, 1.165) is 5.56 Å². The smallest absolute Gasteiger partial charge is 0.262 e. The highest BCUT2D eigenvalue weighted by Gasteiger charge is 2.20. The lowest BCUT2D eigenvalue weighted by Gasteiger charge is -2.23. The summed E-state index contributed by atoms with van der Waals surface area (Å²) in [4.78, 5) is 11.2. The van der Waals surface area contributed by atoms with E-state index < -0.39 is 0 Å². The maximum Gasteiger partial charge on any atom is 0.262 e.